The molecule has 66 valence electrons. The molecule has 1 nitrogen and oxygen atoms in total. The van der Waals surface area contributed by atoms with Gasteiger partial charge in [0.2, 0.25) is 0 Å². The van der Waals surface area contributed by atoms with Gasteiger partial charge in [0.1, 0.15) is 6.17 Å². The van der Waals surface area contributed by atoms with Gasteiger partial charge in [0.25, 0.3) is 0 Å². The molecule has 0 N–H and O–H groups in total. The zero-order valence-electron chi connectivity index (χ0n) is 7.56. The second-order valence-electron chi connectivity index (χ2n) is 3.85. The van der Waals surface area contributed by atoms with Gasteiger partial charge in [-0.3, -0.25) is 0 Å². The Labute approximate surface area is 67.9 Å². The van der Waals surface area contributed by atoms with Crippen LogP contribution in [-0.2, 0) is 4.74 Å². The van der Waals surface area contributed by atoms with Crippen molar-refractivity contribution in [2.45, 2.75) is 33.4 Å². The Kier molecular flexibility index (Phi) is 2.53. The molecule has 2 heteroatoms. The van der Waals surface area contributed by atoms with Crippen LogP contribution in [0, 0.1) is 11.3 Å². The van der Waals surface area contributed by atoms with E-state index in [4.69, 9.17) is 4.74 Å². The predicted octanol–water partition coefficient (Wildman–Crippen LogP) is 2.41. The summed E-state index contributed by atoms with van der Waals surface area (Å²) >= 11 is 0. The van der Waals surface area contributed by atoms with Crippen molar-refractivity contribution in [3.05, 3.63) is 0 Å². The highest BCUT2D eigenvalue weighted by atomic mass is 19.1. The van der Waals surface area contributed by atoms with E-state index < -0.39 is 6.17 Å². The van der Waals surface area contributed by atoms with Crippen LogP contribution in [0.2, 0.25) is 0 Å². The molecule has 0 aromatic carbocycles. The van der Waals surface area contributed by atoms with Gasteiger partial charge in [-0.2, -0.15) is 0 Å². The van der Waals surface area contributed by atoms with Crippen molar-refractivity contribution in [3.63, 3.8) is 0 Å². The average Bonchev–Trinajstić information content (AvgIpc) is 1.95. The summed E-state index contributed by atoms with van der Waals surface area (Å²) in [6.45, 7) is 7.17. The van der Waals surface area contributed by atoms with E-state index in [1.54, 1.807) is 6.92 Å². The van der Waals surface area contributed by atoms with Crippen LogP contribution in [0.15, 0.2) is 0 Å². The molecule has 0 saturated carbocycles. The van der Waals surface area contributed by atoms with Crippen molar-refractivity contribution < 1.29 is 9.13 Å². The minimum Gasteiger partial charge on any atom is -0.381 e. The fourth-order valence-electron chi connectivity index (χ4n) is 1.58. The zero-order valence-corrected chi connectivity index (χ0v) is 7.56. The molecule has 1 heterocycles. The van der Waals surface area contributed by atoms with E-state index in [1.165, 1.54) is 0 Å². The molecule has 0 aromatic rings. The lowest BCUT2D eigenvalue weighted by Crippen LogP contribution is -2.41. The summed E-state index contributed by atoms with van der Waals surface area (Å²) in [5.41, 5.74) is -0.155. The minimum atomic E-state index is -0.721. The molecule has 1 fully saturated rings. The molecule has 0 aliphatic carbocycles. The van der Waals surface area contributed by atoms with Crippen LogP contribution in [0.5, 0.6) is 0 Å². The molecular formula is C9H17FO. The first-order chi connectivity index (χ1) is 5.07. The maximum Gasteiger partial charge on any atom is 0.103 e. The molecule has 1 aliphatic rings. The monoisotopic (exact) mass is 160 g/mol. The standard InChI is InChI=1S/C9H17FO/c1-7-6-11-5-4-9(7,3)8(2)10/h7-8H,4-6H2,1-3H3. The number of rotatable bonds is 1. The Balaban J connectivity index is 2.64. The Hall–Kier alpha value is -0.110. The molecule has 1 saturated heterocycles. The van der Waals surface area contributed by atoms with E-state index in [-0.39, 0.29) is 5.41 Å². The van der Waals surface area contributed by atoms with Crippen LogP contribution in [0.4, 0.5) is 4.39 Å². The van der Waals surface area contributed by atoms with Crippen LogP contribution in [-0.4, -0.2) is 19.4 Å². The maximum atomic E-state index is 13.2. The van der Waals surface area contributed by atoms with Crippen molar-refractivity contribution in [1.82, 2.24) is 0 Å². The average molecular weight is 160 g/mol. The van der Waals surface area contributed by atoms with E-state index in [0.717, 1.165) is 13.0 Å². The van der Waals surface area contributed by atoms with Gasteiger partial charge in [0.05, 0.1) is 0 Å². The number of hydrogen-bond donors (Lipinski definition) is 0. The molecule has 11 heavy (non-hydrogen) atoms. The molecule has 1 aliphatic heterocycles. The van der Waals surface area contributed by atoms with Crippen LogP contribution < -0.4 is 0 Å². The Morgan fingerprint density at radius 3 is 2.64 bits per heavy atom. The Bertz CT molecular complexity index is 136. The Morgan fingerprint density at radius 1 is 1.64 bits per heavy atom. The summed E-state index contributed by atoms with van der Waals surface area (Å²) in [6, 6.07) is 0. The molecule has 0 amide bonds. The largest absolute Gasteiger partial charge is 0.381 e. The normalized spacial score (nSPS) is 42.0. The van der Waals surface area contributed by atoms with E-state index in [0.29, 0.717) is 12.5 Å². The summed E-state index contributed by atoms with van der Waals surface area (Å²) in [5.74, 6) is 0.344. The Morgan fingerprint density at radius 2 is 2.27 bits per heavy atom. The SMILES string of the molecule is CC(F)C1(C)CCOCC1C. The van der Waals surface area contributed by atoms with Crippen LogP contribution in [0.3, 0.4) is 0 Å². The third kappa shape index (κ3) is 1.56. The van der Waals surface area contributed by atoms with Crippen molar-refractivity contribution in [1.29, 1.82) is 0 Å². The second kappa shape index (κ2) is 3.10. The molecular weight excluding hydrogens is 143 g/mol. The van der Waals surface area contributed by atoms with Crippen molar-refractivity contribution in [3.8, 4) is 0 Å². The third-order valence-electron chi connectivity index (χ3n) is 3.19. The van der Waals surface area contributed by atoms with Gasteiger partial charge < -0.3 is 4.74 Å². The van der Waals surface area contributed by atoms with Crippen LogP contribution in [0.1, 0.15) is 27.2 Å². The summed E-state index contributed by atoms with van der Waals surface area (Å²) in [6.07, 6.45) is 0.132. The maximum absolute atomic E-state index is 13.2. The predicted molar refractivity (Wildman–Crippen MR) is 43.3 cm³/mol. The molecule has 3 atom stereocenters. The van der Waals surface area contributed by atoms with Crippen molar-refractivity contribution >= 4 is 0 Å². The van der Waals surface area contributed by atoms with Gasteiger partial charge in [-0.1, -0.05) is 13.8 Å². The van der Waals surface area contributed by atoms with Gasteiger partial charge in [-0.15, -0.1) is 0 Å². The summed E-state index contributed by atoms with van der Waals surface area (Å²) < 4.78 is 18.4. The lowest BCUT2D eigenvalue weighted by molar-refractivity contribution is -0.0600. The number of alkyl halides is 1. The van der Waals surface area contributed by atoms with E-state index in [2.05, 4.69) is 6.92 Å². The smallest absolute Gasteiger partial charge is 0.103 e. The summed E-state index contributed by atoms with van der Waals surface area (Å²) in [4.78, 5) is 0. The molecule has 0 radical (unpaired) electrons. The van der Waals surface area contributed by atoms with E-state index in [9.17, 15) is 4.39 Å². The first-order valence-corrected chi connectivity index (χ1v) is 4.29. The molecule has 0 bridgehead atoms. The van der Waals surface area contributed by atoms with Crippen LogP contribution in [0.25, 0.3) is 0 Å². The van der Waals surface area contributed by atoms with Crippen LogP contribution >= 0.6 is 0 Å². The number of ether oxygens (including phenoxy) is 1. The lowest BCUT2D eigenvalue weighted by Gasteiger charge is -2.40. The first-order valence-electron chi connectivity index (χ1n) is 4.29. The molecule has 3 unspecified atom stereocenters. The number of halogens is 1. The van der Waals surface area contributed by atoms with Gasteiger partial charge in [0.15, 0.2) is 0 Å². The zero-order chi connectivity index (χ0) is 8.48. The number of hydrogen-bond acceptors (Lipinski definition) is 1. The highest BCUT2D eigenvalue weighted by Gasteiger charge is 2.39. The second-order valence-corrected chi connectivity index (χ2v) is 3.85. The topological polar surface area (TPSA) is 9.23 Å². The van der Waals surface area contributed by atoms with Gasteiger partial charge >= 0.3 is 0 Å². The van der Waals surface area contributed by atoms with E-state index in [1.807, 2.05) is 6.92 Å². The van der Waals surface area contributed by atoms with Crippen molar-refractivity contribution in [2.75, 3.05) is 13.2 Å². The van der Waals surface area contributed by atoms with E-state index >= 15 is 0 Å². The lowest BCUT2D eigenvalue weighted by atomic mass is 9.71. The highest BCUT2D eigenvalue weighted by Crippen LogP contribution is 2.39. The highest BCUT2D eigenvalue weighted by molar-refractivity contribution is 4.87. The quantitative estimate of drug-likeness (QED) is 0.572. The molecule has 0 spiro atoms. The fourth-order valence-corrected chi connectivity index (χ4v) is 1.58. The van der Waals surface area contributed by atoms with Gasteiger partial charge in [-0.25, -0.2) is 4.39 Å². The molecule has 1 rings (SSSR count). The summed E-state index contributed by atoms with van der Waals surface area (Å²) in [5, 5.41) is 0. The molecule has 0 aromatic heterocycles. The third-order valence-corrected chi connectivity index (χ3v) is 3.19. The first kappa shape index (κ1) is 8.98. The van der Waals surface area contributed by atoms with Crippen molar-refractivity contribution in [2.24, 2.45) is 11.3 Å². The fraction of sp³-hybridized carbons (Fsp3) is 1.00. The summed E-state index contributed by atoms with van der Waals surface area (Å²) in [7, 11) is 0. The van der Waals surface area contributed by atoms with Gasteiger partial charge in [0, 0.05) is 18.6 Å². The minimum absolute atomic E-state index is 0.155. The van der Waals surface area contributed by atoms with Gasteiger partial charge in [-0.05, 0) is 19.3 Å².